The number of rotatable bonds is 6. The maximum atomic E-state index is 6.06. The standard InChI is InChI=1S/C18H23O2P.ClH/c1-14(2)13-21(19-17-9-5-15(3)6-10-17)20-18-11-7-16(4)8-12-18;/h5-12,14H,13H2,1-4H3;1H. The van der Waals surface area contributed by atoms with Crippen LogP contribution in [0.4, 0.5) is 0 Å². The summed E-state index contributed by atoms with van der Waals surface area (Å²) in [6.07, 6.45) is 0.914. The molecule has 0 aliphatic rings. The van der Waals surface area contributed by atoms with Crippen molar-refractivity contribution in [2.45, 2.75) is 27.7 Å². The van der Waals surface area contributed by atoms with E-state index in [2.05, 4.69) is 52.0 Å². The van der Waals surface area contributed by atoms with E-state index < -0.39 is 8.38 Å². The summed E-state index contributed by atoms with van der Waals surface area (Å²) in [5, 5.41) is 0. The molecule has 2 rings (SSSR count). The van der Waals surface area contributed by atoms with Crippen LogP contribution in [0.1, 0.15) is 25.0 Å². The Balaban J connectivity index is 0.00000242. The summed E-state index contributed by atoms with van der Waals surface area (Å²) < 4.78 is 12.1. The molecule has 0 amide bonds. The Morgan fingerprint density at radius 1 is 0.773 bits per heavy atom. The van der Waals surface area contributed by atoms with E-state index in [4.69, 9.17) is 9.05 Å². The second-order valence-electron chi connectivity index (χ2n) is 5.72. The molecule has 0 aliphatic heterocycles. The second kappa shape index (κ2) is 9.02. The first-order chi connectivity index (χ1) is 10.0. The molecule has 0 unspecified atom stereocenters. The van der Waals surface area contributed by atoms with Crippen LogP contribution in [0.3, 0.4) is 0 Å². The smallest absolute Gasteiger partial charge is 0.290 e. The van der Waals surface area contributed by atoms with Crippen molar-refractivity contribution in [1.82, 2.24) is 0 Å². The number of hydrogen-bond donors (Lipinski definition) is 0. The molecule has 0 aromatic heterocycles. The van der Waals surface area contributed by atoms with Gasteiger partial charge in [0.2, 0.25) is 0 Å². The van der Waals surface area contributed by atoms with Crippen molar-refractivity contribution < 1.29 is 9.05 Å². The van der Waals surface area contributed by atoms with Gasteiger partial charge in [-0.3, -0.25) is 0 Å². The molecule has 0 atom stereocenters. The maximum absolute atomic E-state index is 6.06. The van der Waals surface area contributed by atoms with Crippen LogP contribution < -0.4 is 9.05 Å². The first-order valence-corrected chi connectivity index (χ1v) is 8.66. The molecule has 0 radical (unpaired) electrons. The molecule has 120 valence electrons. The average molecular weight is 339 g/mol. The third kappa shape index (κ3) is 6.25. The molecule has 0 N–H and O–H groups in total. The summed E-state index contributed by atoms with van der Waals surface area (Å²) in [4.78, 5) is 0. The van der Waals surface area contributed by atoms with Crippen LogP contribution in [-0.2, 0) is 0 Å². The van der Waals surface area contributed by atoms with Gasteiger partial charge in [0.05, 0.1) is 0 Å². The van der Waals surface area contributed by atoms with Gasteiger partial charge in [0, 0.05) is 6.16 Å². The minimum atomic E-state index is -0.972. The Morgan fingerprint density at radius 3 is 1.45 bits per heavy atom. The van der Waals surface area contributed by atoms with E-state index in [0.717, 1.165) is 17.7 Å². The highest BCUT2D eigenvalue weighted by atomic mass is 35.5. The third-order valence-electron chi connectivity index (χ3n) is 2.97. The zero-order chi connectivity index (χ0) is 15.2. The number of aryl methyl sites for hydroxylation is 2. The van der Waals surface area contributed by atoms with Crippen LogP contribution in [0.25, 0.3) is 0 Å². The van der Waals surface area contributed by atoms with Crippen LogP contribution in [-0.4, -0.2) is 6.16 Å². The largest absolute Gasteiger partial charge is 0.439 e. The van der Waals surface area contributed by atoms with Crippen LogP contribution in [0.5, 0.6) is 11.5 Å². The molecule has 0 saturated carbocycles. The monoisotopic (exact) mass is 338 g/mol. The van der Waals surface area contributed by atoms with E-state index in [0.29, 0.717) is 5.92 Å². The minimum absolute atomic E-state index is 0. The van der Waals surface area contributed by atoms with Gasteiger partial charge in [-0.1, -0.05) is 49.2 Å². The molecular weight excluding hydrogens is 315 g/mol. The number of hydrogen-bond acceptors (Lipinski definition) is 2. The van der Waals surface area contributed by atoms with Gasteiger partial charge in [-0.15, -0.1) is 12.4 Å². The Bertz CT molecular complexity index is 505. The number of benzene rings is 2. The Labute approximate surface area is 141 Å². The fourth-order valence-electron chi connectivity index (χ4n) is 1.82. The van der Waals surface area contributed by atoms with Crippen molar-refractivity contribution in [1.29, 1.82) is 0 Å². The molecule has 2 nitrogen and oxygen atoms in total. The third-order valence-corrected chi connectivity index (χ3v) is 4.83. The van der Waals surface area contributed by atoms with Crippen LogP contribution in [0.15, 0.2) is 48.5 Å². The second-order valence-corrected chi connectivity index (χ2v) is 7.11. The van der Waals surface area contributed by atoms with Gasteiger partial charge in [0.15, 0.2) is 0 Å². The molecule has 0 aliphatic carbocycles. The molecule has 0 bridgehead atoms. The Morgan fingerprint density at radius 2 is 1.14 bits per heavy atom. The zero-order valence-corrected chi connectivity index (χ0v) is 15.3. The van der Waals surface area contributed by atoms with Crippen molar-refractivity contribution in [3.8, 4) is 11.5 Å². The van der Waals surface area contributed by atoms with Gasteiger partial charge in [-0.25, -0.2) is 0 Å². The van der Waals surface area contributed by atoms with E-state index in [1.54, 1.807) is 0 Å². The van der Waals surface area contributed by atoms with Crippen molar-refractivity contribution in [3.05, 3.63) is 59.7 Å². The molecule has 0 fully saturated rings. The van der Waals surface area contributed by atoms with Gasteiger partial charge >= 0.3 is 0 Å². The fraction of sp³-hybridized carbons (Fsp3) is 0.333. The highest BCUT2D eigenvalue weighted by molar-refractivity contribution is 7.48. The predicted octanol–water partition coefficient (Wildman–Crippen LogP) is 6.15. The topological polar surface area (TPSA) is 18.5 Å². The fourth-order valence-corrected chi connectivity index (χ4v) is 3.32. The molecule has 2 aromatic carbocycles. The van der Waals surface area contributed by atoms with Crippen LogP contribution in [0, 0.1) is 19.8 Å². The maximum Gasteiger partial charge on any atom is 0.290 e. The summed E-state index contributed by atoms with van der Waals surface area (Å²) in [6.45, 7) is 8.52. The van der Waals surface area contributed by atoms with E-state index in [-0.39, 0.29) is 12.4 Å². The average Bonchev–Trinajstić information content (AvgIpc) is 2.43. The van der Waals surface area contributed by atoms with Crippen molar-refractivity contribution in [3.63, 3.8) is 0 Å². The highest BCUT2D eigenvalue weighted by Gasteiger charge is 2.16. The summed E-state index contributed by atoms with van der Waals surface area (Å²) in [5.41, 5.74) is 2.46. The van der Waals surface area contributed by atoms with Crippen LogP contribution >= 0.6 is 20.8 Å². The lowest BCUT2D eigenvalue weighted by Gasteiger charge is -2.20. The lowest BCUT2D eigenvalue weighted by molar-refractivity contribution is 0.479. The van der Waals surface area contributed by atoms with Crippen molar-refractivity contribution in [2.24, 2.45) is 5.92 Å². The summed E-state index contributed by atoms with van der Waals surface area (Å²) in [6, 6.07) is 16.3. The van der Waals surface area contributed by atoms with Gasteiger partial charge in [-0.05, 0) is 44.0 Å². The molecule has 0 heterocycles. The molecule has 0 spiro atoms. The molecular formula is C18H24ClO2P. The van der Waals surface area contributed by atoms with Gasteiger partial charge in [0.25, 0.3) is 8.38 Å². The Kier molecular flexibility index (Phi) is 7.72. The lowest BCUT2D eigenvalue weighted by atomic mass is 10.2. The first kappa shape index (κ1) is 18.8. The highest BCUT2D eigenvalue weighted by Crippen LogP contribution is 2.42. The van der Waals surface area contributed by atoms with Gasteiger partial charge in [0.1, 0.15) is 11.5 Å². The quantitative estimate of drug-likeness (QED) is 0.588. The van der Waals surface area contributed by atoms with E-state index in [1.165, 1.54) is 11.1 Å². The van der Waals surface area contributed by atoms with Crippen molar-refractivity contribution >= 4 is 20.8 Å². The van der Waals surface area contributed by atoms with Crippen LogP contribution in [0.2, 0.25) is 0 Å². The number of halogens is 1. The minimum Gasteiger partial charge on any atom is -0.439 e. The zero-order valence-electron chi connectivity index (χ0n) is 13.6. The van der Waals surface area contributed by atoms with E-state index >= 15 is 0 Å². The molecule has 22 heavy (non-hydrogen) atoms. The lowest BCUT2D eigenvalue weighted by Crippen LogP contribution is -2.04. The molecule has 4 heteroatoms. The Hall–Kier alpha value is -1.24. The normalized spacial score (nSPS) is 10.5. The summed E-state index contributed by atoms with van der Waals surface area (Å²) in [7, 11) is -0.972. The van der Waals surface area contributed by atoms with E-state index in [9.17, 15) is 0 Å². The predicted molar refractivity (Wildman–Crippen MR) is 97.5 cm³/mol. The van der Waals surface area contributed by atoms with E-state index in [1.807, 2.05) is 24.3 Å². The first-order valence-electron chi connectivity index (χ1n) is 7.30. The van der Waals surface area contributed by atoms with Crippen molar-refractivity contribution in [2.75, 3.05) is 6.16 Å². The summed E-state index contributed by atoms with van der Waals surface area (Å²) >= 11 is 0. The van der Waals surface area contributed by atoms with Gasteiger partial charge in [-0.2, -0.15) is 0 Å². The summed E-state index contributed by atoms with van der Waals surface area (Å²) in [5.74, 6) is 2.28. The molecule has 0 saturated heterocycles. The van der Waals surface area contributed by atoms with Gasteiger partial charge < -0.3 is 9.05 Å². The molecule has 2 aromatic rings. The SMILES string of the molecule is Cc1ccc(OP(CC(C)C)Oc2ccc(C)cc2)cc1.Cl.